The van der Waals surface area contributed by atoms with E-state index in [-0.39, 0.29) is 12.5 Å². The van der Waals surface area contributed by atoms with E-state index in [4.69, 9.17) is 15.0 Å². The van der Waals surface area contributed by atoms with Gasteiger partial charge >= 0.3 is 11.9 Å². The molecule has 24 heavy (non-hydrogen) atoms. The maximum Gasteiger partial charge on any atom is 0.338 e. The lowest BCUT2D eigenvalue weighted by Gasteiger charge is -2.19. The van der Waals surface area contributed by atoms with Crippen LogP contribution in [0.2, 0.25) is 0 Å². The van der Waals surface area contributed by atoms with Crippen molar-refractivity contribution in [2.24, 2.45) is 5.11 Å². The minimum atomic E-state index is -0.546. The number of hydrogen-bond donors (Lipinski definition) is 1. The van der Waals surface area contributed by atoms with E-state index in [1.54, 1.807) is 39.8 Å². The number of carbonyl (C=O) groups is 2. The van der Waals surface area contributed by atoms with Crippen molar-refractivity contribution in [2.75, 3.05) is 13.7 Å². The standard InChI is InChI=1S/C16H22N4O4/c1-10-12(15(22)23-5)6-11(7-13(10)19-20-17)8-18-9-14(21)24-16(2,3)4/h6-7,18H,8-9H2,1-5H3. The van der Waals surface area contributed by atoms with Crippen molar-refractivity contribution >= 4 is 17.6 Å². The molecule has 0 heterocycles. The SMILES string of the molecule is COC(=O)c1cc(CNCC(=O)OC(C)(C)C)cc(N=[N+]=[N-])c1C. The lowest BCUT2D eigenvalue weighted by atomic mass is 10.0. The van der Waals surface area contributed by atoms with Crippen LogP contribution in [0.15, 0.2) is 17.2 Å². The number of carbonyl (C=O) groups excluding carboxylic acids is 2. The van der Waals surface area contributed by atoms with Gasteiger partial charge in [-0.2, -0.15) is 0 Å². The zero-order valence-corrected chi connectivity index (χ0v) is 14.5. The number of esters is 2. The Morgan fingerprint density at radius 2 is 2.00 bits per heavy atom. The fourth-order valence-corrected chi connectivity index (χ4v) is 2.02. The Kier molecular flexibility index (Phi) is 6.76. The van der Waals surface area contributed by atoms with Crippen LogP contribution in [-0.2, 0) is 20.8 Å². The molecule has 1 aromatic rings. The summed E-state index contributed by atoms with van der Waals surface area (Å²) in [6.07, 6.45) is 0. The zero-order valence-electron chi connectivity index (χ0n) is 14.5. The predicted molar refractivity (Wildman–Crippen MR) is 88.9 cm³/mol. The highest BCUT2D eigenvalue weighted by atomic mass is 16.6. The molecule has 8 nitrogen and oxygen atoms in total. The summed E-state index contributed by atoms with van der Waals surface area (Å²) in [5.41, 5.74) is 9.98. The summed E-state index contributed by atoms with van der Waals surface area (Å²) in [4.78, 5) is 26.3. The molecule has 0 aromatic heterocycles. The van der Waals surface area contributed by atoms with Gasteiger partial charge in [-0.05, 0) is 56.5 Å². The second-order valence-electron chi connectivity index (χ2n) is 6.16. The van der Waals surface area contributed by atoms with E-state index < -0.39 is 11.6 Å². The molecular weight excluding hydrogens is 312 g/mol. The second-order valence-corrected chi connectivity index (χ2v) is 6.16. The molecule has 0 spiro atoms. The zero-order chi connectivity index (χ0) is 18.3. The number of nitrogens with one attached hydrogen (secondary N) is 1. The molecule has 0 saturated carbocycles. The fraction of sp³-hybridized carbons (Fsp3) is 0.500. The number of ether oxygens (including phenoxy) is 2. The quantitative estimate of drug-likeness (QED) is 0.371. The van der Waals surface area contributed by atoms with Crippen LogP contribution >= 0.6 is 0 Å². The first-order chi connectivity index (χ1) is 11.2. The molecule has 0 aliphatic carbocycles. The molecule has 1 rings (SSSR count). The van der Waals surface area contributed by atoms with Gasteiger partial charge in [0.15, 0.2) is 0 Å². The van der Waals surface area contributed by atoms with E-state index >= 15 is 0 Å². The summed E-state index contributed by atoms with van der Waals surface area (Å²) >= 11 is 0. The Morgan fingerprint density at radius 1 is 1.33 bits per heavy atom. The molecule has 0 aliphatic rings. The molecule has 130 valence electrons. The van der Waals surface area contributed by atoms with Crippen molar-refractivity contribution in [1.29, 1.82) is 0 Å². The first-order valence-electron chi connectivity index (χ1n) is 7.37. The topological polar surface area (TPSA) is 113 Å². The molecule has 0 radical (unpaired) electrons. The largest absolute Gasteiger partial charge is 0.465 e. The van der Waals surface area contributed by atoms with Crippen LogP contribution in [0.3, 0.4) is 0 Å². The molecule has 0 unspecified atom stereocenters. The lowest BCUT2D eigenvalue weighted by Crippen LogP contribution is -2.31. The maximum absolute atomic E-state index is 11.8. The highest BCUT2D eigenvalue weighted by Gasteiger charge is 2.16. The number of nitrogens with zero attached hydrogens (tertiary/aromatic N) is 3. The number of azide groups is 1. The first-order valence-corrected chi connectivity index (χ1v) is 7.37. The number of rotatable bonds is 6. The molecule has 0 saturated heterocycles. The smallest absolute Gasteiger partial charge is 0.338 e. The summed E-state index contributed by atoms with van der Waals surface area (Å²) < 4.78 is 9.93. The average Bonchev–Trinajstić information content (AvgIpc) is 2.47. The molecule has 0 aliphatic heterocycles. The van der Waals surface area contributed by atoms with Crippen LogP contribution in [0.5, 0.6) is 0 Å². The molecule has 0 bridgehead atoms. The van der Waals surface area contributed by atoms with Gasteiger partial charge in [-0.1, -0.05) is 5.11 Å². The predicted octanol–water partition coefficient (Wildman–Crippen LogP) is 3.15. The lowest BCUT2D eigenvalue weighted by molar-refractivity contribution is -0.153. The minimum Gasteiger partial charge on any atom is -0.465 e. The van der Waals surface area contributed by atoms with Crippen molar-refractivity contribution in [3.63, 3.8) is 0 Å². The summed E-state index contributed by atoms with van der Waals surface area (Å²) in [5, 5.41) is 6.52. The van der Waals surface area contributed by atoms with Gasteiger partial charge in [0.2, 0.25) is 0 Å². The Bertz CT molecular complexity index is 673. The van der Waals surface area contributed by atoms with Gasteiger partial charge in [0.25, 0.3) is 0 Å². The Morgan fingerprint density at radius 3 is 2.54 bits per heavy atom. The second kappa shape index (κ2) is 8.33. The normalized spacial score (nSPS) is 10.7. The van der Waals surface area contributed by atoms with Gasteiger partial charge in [-0.15, -0.1) is 0 Å². The van der Waals surface area contributed by atoms with Gasteiger partial charge in [0, 0.05) is 17.1 Å². The third-order valence-electron chi connectivity index (χ3n) is 3.02. The molecule has 1 N–H and O–H groups in total. The first kappa shape index (κ1) is 19.5. The van der Waals surface area contributed by atoms with Crippen LogP contribution in [-0.4, -0.2) is 31.2 Å². The monoisotopic (exact) mass is 334 g/mol. The molecule has 1 aromatic carbocycles. The number of methoxy groups -OCH3 is 1. The highest BCUT2D eigenvalue weighted by Crippen LogP contribution is 2.25. The Hall–Kier alpha value is -2.57. The van der Waals surface area contributed by atoms with Gasteiger partial charge in [-0.3, -0.25) is 4.79 Å². The van der Waals surface area contributed by atoms with E-state index in [0.717, 1.165) is 0 Å². The fourth-order valence-electron chi connectivity index (χ4n) is 2.02. The summed E-state index contributed by atoms with van der Waals surface area (Å²) in [7, 11) is 1.28. The Labute approximate surface area is 140 Å². The summed E-state index contributed by atoms with van der Waals surface area (Å²) in [6, 6.07) is 3.29. The highest BCUT2D eigenvalue weighted by molar-refractivity contribution is 5.92. The van der Waals surface area contributed by atoms with Crippen LogP contribution in [0, 0.1) is 6.92 Å². The van der Waals surface area contributed by atoms with Crippen molar-refractivity contribution in [3.05, 3.63) is 39.3 Å². The van der Waals surface area contributed by atoms with Gasteiger partial charge < -0.3 is 14.8 Å². The van der Waals surface area contributed by atoms with Crippen LogP contribution in [0.1, 0.15) is 42.3 Å². The van der Waals surface area contributed by atoms with Gasteiger partial charge in [0.1, 0.15) is 5.60 Å². The van der Waals surface area contributed by atoms with Crippen LogP contribution in [0.25, 0.3) is 10.4 Å². The van der Waals surface area contributed by atoms with Crippen molar-refractivity contribution in [1.82, 2.24) is 5.32 Å². The molecule has 8 heteroatoms. The van der Waals surface area contributed by atoms with Crippen molar-refractivity contribution in [2.45, 2.75) is 39.8 Å². The molecular formula is C16H22N4O4. The van der Waals surface area contributed by atoms with Crippen LogP contribution < -0.4 is 5.32 Å². The third-order valence-corrected chi connectivity index (χ3v) is 3.02. The van der Waals surface area contributed by atoms with Crippen molar-refractivity contribution in [3.8, 4) is 0 Å². The maximum atomic E-state index is 11.8. The summed E-state index contributed by atoms with van der Waals surface area (Å²) in [5.74, 6) is -0.894. The van der Waals surface area contributed by atoms with Gasteiger partial charge in [0.05, 0.1) is 19.2 Å². The van der Waals surface area contributed by atoms with Gasteiger partial charge in [-0.25, -0.2) is 4.79 Å². The number of benzene rings is 1. The number of hydrogen-bond acceptors (Lipinski definition) is 6. The molecule has 0 amide bonds. The average molecular weight is 334 g/mol. The van der Waals surface area contributed by atoms with E-state index in [1.807, 2.05) is 0 Å². The molecule has 0 fully saturated rings. The minimum absolute atomic E-state index is 0.0234. The van der Waals surface area contributed by atoms with Crippen LogP contribution in [0.4, 0.5) is 5.69 Å². The third kappa shape index (κ3) is 5.91. The summed E-state index contributed by atoms with van der Waals surface area (Å²) in [6.45, 7) is 7.38. The Balaban J connectivity index is 2.88. The van der Waals surface area contributed by atoms with Crippen molar-refractivity contribution < 1.29 is 19.1 Å². The van der Waals surface area contributed by atoms with E-state index in [9.17, 15) is 9.59 Å². The van der Waals surface area contributed by atoms with E-state index in [2.05, 4.69) is 15.3 Å². The molecule has 0 atom stereocenters. The van der Waals surface area contributed by atoms with E-state index in [0.29, 0.717) is 28.9 Å². The van der Waals surface area contributed by atoms with E-state index in [1.165, 1.54) is 7.11 Å².